The van der Waals surface area contributed by atoms with Gasteiger partial charge in [0, 0.05) is 11.4 Å². The summed E-state index contributed by atoms with van der Waals surface area (Å²) in [6.07, 6.45) is 0.0548. The molecule has 1 rings (SSSR count). The zero-order valence-corrected chi connectivity index (χ0v) is 10.5. The molecule has 0 bridgehead atoms. The Bertz CT molecular complexity index is 432. The number of benzene rings is 1. The van der Waals surface area contributed by atoms with Gasteiger partial charge in [-0.1, -0.05) is 25.4 Å². The number of carboxylic acid groups (broad SMARTS) is 1. The number of hydrogen-bond donors (Lipinski definition) is 3. The van der Waals surface area contributed by atoms with E-state index in [1.165, 1.54) is 0 Å². The summed E-state index contributed by atoms with van der Waals surface area (Å²) in [4.78, 5) is 10.6. The second-order valence-electron chi connectivity index (χ2n) is 4.31. The Morgan fingerprint density at radius 1 is 1.47 bits per heavy atom. The van der Waals surface area contributed by atoms with Crippen molar-refractivity contribution in [3.05, 3.63) is 28.3 Å². The maximum atomic E-state index is 10.6. The summed E-state index contributed by atoms with van der Waals surface area (Å²) in [6, 6.07) is 2.10. The number of aliphatic carboxylic acids is 1. The first-order valence-electron chi connectivity index (χ1n) is 5.32. The molecule has 0 aliphatic rings. The van der Waals surface area contributed by atoms with Crippen molar-refractivity contribution in [1.29, 1.82) is 0 Å². The third-order valence-corrected chi connectivity index (χ3v) is 2.90. The highest BCUT2D eigenvalue weighted by molar-refractivity contribution is 6.31. The van der Waals surface area contributed by atoms with E-state index in [4.69, 9.17) is 22.4 Å². The Morgan fingerprint density at radius 2 is 2.06 bits per heavy atom. The van der Waals surface area contributed by atoms with Crippen LogP contribution in [-0.4, -0.2) is 22.2 Å². The van der Waals surface area contributed by atoms with Crippen LogP contribution in [0, 0.1) is 0 Å². The predicted molar refractivity (Wildman–Crippen MR) is 66.5 cm³/mol. The first kappa shape index (κ1) is 13.8. The minimum atomic E-state index is -1.10. The van der Waals surface area contributed by atoms with Crippen LogP contribution < -0.4 is 5.73 Å². The molecule has 94 valence electrons. The molecule has 0 heterocycles. The first-order chi connectivity index (χ1) is 7.82. The summed E-state index contributed by atoms with van der Waals surface area (Å²) >= 11 is 6.06. The van der Waals surface area contributed by atoms with E-state index in [1.54, 1.807) is 12.1 Å². The number of hydrogen-bond acceptors (Lipinski definition) is 3. The maximum absolute atomic E-state index is 10.6. The SMILES string of the molecule is CC(C)c1cc(O)c(CC(N)C(=O)O)cc1Cl. The van der Waals surface area contributed by atoms with Gasteiger partial charge in [-0.25, -0.2) is 0 Å². The van der Waals surface area contributed by atoms with Crippen molar-refractivity contribution >= 4 is 17.6 Å². The van der Waals surface area contributed by atoms with E-state index >= 15 is 0 Å². The predicted octanol–water partition coefficient (Wildman–Crippen LogP) is 2.12. The molecule has 5 heteroatoms. The van der Waals surface area contributed by atoms with Gasteiger partial charge in [-0.15, -0.1) is 0 Å². The Labute approximate surface area is 105 Å². The van der Waals surface area contributed by atoms with Crippen molar-refractivity contribution in [3.8, 4) is 5.75 Å². The average Bonchev–Trinajstić information content (AvgIpc) is 2.22. The van der Waals surface area contributed by atoms with Gasteiger partial charge in [-0.3, -0.25) is 4.79 Å². The van der Waals surface area contributed by atoms with E-state index in [2.05, 4.69) is 0 Å². The number of rotatable bonds is 4. The summed E-state index contributed by atoms with van der Waals surface area (Å²) in [6.45, 7) is 3.92. The highest BCUT2D eigenvalue weighted by atomic mass is 35.5. The third kappa shape index (κ3) is 3.35. The van der Waals surface area contributed by atoms with Gasteiger partial charge in [0.2, 0.25) is 0 Å². The summed E-state index contributed by atoms with van der Waals surface area (Å²) < 4.78 is 0. The molecule has 0 saturated heterocycles. The second kappa shape index (κ2) is 5.38. The van der Waals surface area contributed by atoms with E-state index in [0.717, 1.165) is 5.56 Å². The van der Waals surface area contributed by atoms with Gasteiger partial charge in [-0.2, -0.15) is 0 Å². The lowest BCUT2D eigenvalue weighted by molar-refractivity contribution is -0.138. The zero-order chi connectivity index (χ0) is 13.2. The number of nitrogens with two attached hydrogens (primary N) is 1. The van der Waals surface area contributed by atoms with Crippen molar-refractivity contribution in [2.45, 2.75) is 32.2 Å². The molecule has 1 unspecified atom stereocenters. The van der Waals surface area contributed by atoms with E-state index < -0.39 is 12.0 Å². The van der Waals surface area contributed by atoms with Crippen molar-refractivity contribution in [1.82, 2.24) is 0 Å². The molecule has 0 saturated carbocycles. The van der Waals surface area contributed by atoms with E-state index in [-0.39, 0.29) is 18.1 Å². The molecule has 0 fully saturated rings. The molecule has 0 aliphatic heterocycles. The standard InChI is InChI=1S/C12H16ClNO3/c1-6(2)8-5-11(15)7(3-9(8)13)4-10(14)12(16)17/h3,5-6,10,15H,4,14H2,1-2H3,(H,16,17). The highest BCUT2D eigenvalue weighted by Gasteiger charge is 2.17. The number of halogens is 1. The molecule has 0 aromatic heterocycles. The van der Waals surface area contributed by atoms with Gasteiger partial charge in [0.15, 0.2) is 0 Å². The van der Waals surface area contributed by atoms with Crippen molar-refractivity contribution in [2.24, 2.45) is 5.73 Å². The van der Waals surface area contributed by atoms with Gasteiger partial charge in [0.25, 0.3) is 0 Å². The minimum absolute atomic E-state index is 0.0369. The molecule has 1 atom stereocenters. The normalized spacial score (nSPS) is 12.8. The largest absolute Gasteiger partial charge is 0.508 e. The van der Waals surface area contributed by atoms with Crippen LogP contribution in [0.3, 0.4) is 0 Å². The Morgan fingerprint density at radius 3 is 2.53 bits per heavy atom. The van der Waals surface area contributed by atoms with Gasteiger partial charge in [-0.05, 0) is 29.2 Å². The summed E-state index contributed by atoms with van der Waals surface area (Å²) in [5.74, 6) is -0.876. The molecule has 1 aromatic rings. The molecule has 4 nitrogen and oxygen atoms in total. The zero-order valence-electron chi connectivity index (χ0n) is 9.77. The smallest absolute Gasteiger partial charge is 0.320 e. The van der Waals surface area contributed by atoms with Crippen LogP contribution in [-0.2, 0) is 11.2 Å². The second-order valence-corrected chi connectivity index (χ2v) is 4.71. The van der Waals surface area contributed by atoms with E-state index in [0.29, 0.717) is 10.6 Å². The summed E-state index contributed by atoms with van der Waals surface area (Å²) in [5, 5.41) is 19.0. The molecule has 17 heavy (non-hydrogen) atoms. The van der Waals surface area contributed by atoms with Crippen molar-refractivity contribution in [2.75, 3.05) is 0 Å². The lowest BCUT2D eigenvalue weighted by Crippen LogP contribution is -2.32. The van der Waals surface area contributed by atoms with Crippen LogP contribution in [0.25, 0.3) is 0 Å². The van der Waals surface area contributed by atoms with Crippen LogP contribution >= 0.6 is 11.6 Å². The Kier molecular flexibility index (Phi) is 4.37. The molecule has 0 amide bonds. The van der Waals surface area contributed by atoms with Crippen LogP contribution in [0.1, 0.15) is 30.9 Å². The molecule has 1 aromatic carbocycles. The van der Waals surface area contributed by atoms with E-state index in [9.17, 15) is 9.90 Å². The molecule has 0 spiro atoms. The third-order valence-electron chi connectivity index (χ3n) is 2.58. The fourth-order valence-electron chi connectivity index (χ4n) is 1.55. The molecule has 0 radical (unpaired) electrons. The lowest BCUT2D eigenvalue weighted by Gasteiger charge is -2.13. The highest BCUT2D eigenvalue weighted by Crippen LogP contribution is 2.31. The van der Waals surface area contributed by atoms with Crippen LogP contribution in [0.4, 0.5) is 0 Å². The van der Waals surface area contributed by atoms with Gasteiger partial charge in [0.05, 0.1) is 0 Å². The Balaban J connectivity index is 3.03. The fraction of sp³-hybridized carbons (Fsp3) is 0.417. The monoisotopic (exact) mass is 257 g/mol. The van der Waals surface area contributed by atoms with E-state index in [1.807, 2.05) is 13.8 Å². The average molecular weight is 258 g/mol. The maximum Gasteiger partial charge on any atom is 0.320 e. The number of carbonyl (C=O) groups is 1. The molecule has 4 N–H and O–H groups in total. The fourth-order valence-corrected chi connectivity index (χ4v) is 1.95. The number of aromatic hydroxyl groups is 1. The summed E-state index contributed by atoms with van der Waals surface area (Å²) in [7, 11) is 0. The number of phenols is 1. The number of phenolic OH excluding ortho intramolecular Hbond substituents is 1. The summed E-state index contributed by atoms with van der Waals surface area (Å²) in [5.41, 5.74) is 6.70. The molecule has 0 aliphatic carbocycles. The minimum Gasteiger partial charge on any atom is -0.508 e. The van der Waals surface area contributed by atoms with Crippen LogP contribution in [0.15, 0.2) is 12.1 Å². The molecular weight excluding hydrogens is 242 g/mol. The van der Waals surface area contributed by atoms with Gasteiger partial charge >= 0.3 is 5.97 Å². The first-order valence-corrected chi connectivity index (χ1v) is 5.70. The van der Waals surface area contributed by atoms with Crippen LogP contribution in [0.2, 0.25) is 5.02 Å². The topological polar surface area (TPSA) is 83.5 Å². The molecular formula is C12H16ClNO3. The van der Waals surface area contributed by atoms with Crippen molar-refractivity contribution in [3.63, 3.8) is 0 Å². The van der Waals surface area contributed by atoms with Gasteiger partial charge in [0.1, 0.15) is 11.8 Å². The lowest BCUT2D eigenvalue weighted by atomic mass is 9.98. The quantitative estimate of drug-likeness (QED) is 0.772. The van der Waals surface area contributed by atoms with Crippen LogP contribution in [0.5, 0.6) is 5.75 Å². The number of carboxylic acids is 1. The van der Waals surface area contributed by atoms with Crippen molar-refractivity contribution < 1.29 is 15.0 Å². The van der Waals surface area contributed by atoms with Gasteiger partial charge < -0.3 is 15.9 Å². The Hall–Kier alpha value is -1.26.